The van der Waals surface area contributed by atoms with E-state index in [9.17, 15) is 4.79 Å². The summed E-state index contributed by atoms with van der Waals surface area (Å²) in [6.07, 6.45) is 1.89. The number of rotatable bonds is 3. The van der Waals surface area contributed by atoms with Gasteiger partial charge in [0, 0.05) is 24.0 Å². The monoisotopic (exact) mass is 244 g/mol. The molecule has 18 heavy (non-hydrogen) atoms. The summed E-state index contributed by atoms with van der Waals surface area (Å²) in [6, 6.07) is 9.36. The number of esters is 1. The zero-order valence-corrected chi connectivity index (χ0v) is 10.5. The van der Waals surface area contributed by atoms with Gasteiger partial charge in [-0.1, -0.05) is 12.1 Å². The number of aromatic nitrogens is 1. The summed E-state index contributed by atoms with van der Waals surface area (Å²) in [5.41, 5.74) is 8.76. The van der Waals surface area contributed by atoms with Crippen molar-refractivity contribution in [3.8, 4) is 11.1 Å². The molecule has 0 spiro atoms. The molecule has 0 aliphatic carbocycles. The van der Waals surface area contributed by atoms with Crippen molar-refractivity contribution in [2.24, 2.45) is 0 Å². The average molecular weight is 244 g/mol. The van der Waals surface area contributed by atoms with Gasteiger partial charge in [-0.25, -0.2) is 4.79 Å². The van der Waals surface area contributed by atoms with Gasteiger partial charge in [0.05, 0.1) is 7.11 Å². The van der Waals surface area contributed by atoms with E-state index in [1.54, 1.807) is 0 Å². The van der Waals surface area contributed by atoms with Crippen molar-refractivity contribution >= 4 is 11.7 Å². The van der Waals surface area contributed by atoms with E-state index in [1.807, 2.05) is 48.0 Å². The molecule has 0 bridgehead atoms. The quantitative estimate of drug-likeness (QED) is 0.666. The molecule has 0 saturated heterocycles. The molecule has 0 aliphatic rings. The minimum atomic E-state index is -0.325. The van der Waals surface area contributed by atoms with Crippen molar-refractivity contribution in [3.05, 3.63) is 42.2 Å². The Hall–Kier alpha value is -2.23. The summed E-state index contributed by atoms with van der Waals surface area (Å²) in [4.78, 5) is 11.8. The van der Waals surface area contributed by atoms with Crippen molar-refractivity contribution < 1.29 is 9.53 Å². The molecule has 1 aromatic heterocycles. The van der Waals surface area contributed by atoms with Gasteiger partial charge in [0.1, 0.15) is 5.69 Å². The molecule has 4 heteroatoms. The summed E-state index contributed by atoms with van der Waals surface area (Å²) >= 11 is 0. The van der Waals surface area contributed by atoms with E-state index in [4.69, 9.17) is 10.5 Å². The molecule has 2 rings (SSSR count). The first-order valence-electron chi connectivity index (χ1n) is 5.80. The first-order valence-corrected chi connectivity index (χ1v) is 5.80. The highest BCUT2D eigenvalue weighted by atomic mass is 16.5. The van der Waals surface area contributed by atoms with Crippen LogP contribution in [0.3, 0.4) is 0 Å². The largest absolute Gasteiger partial charge is 0.464 e. The van der Waals surface area contributed by atoms with Gasteiger partial charge in [0.25, 0.3) is 0 Å². The number of carbonyl (C=O) groups excluding carboxylic acids is 1. The normalized spacial score (nSPS) is 10.3. The predicted molar refractivity (Wildman–Crippen MR) is 71.3 cm³/mol. The molecule has 1 aromatic carbocycles. The Kier molecular flexibility index (Phi) is 3.37. The van der Waals surface area contributed by atoms with E-state index in [1.165, 1.54) is 7.11 Å². The van der Waals surface area contributed by atoms with Crippen molar-refractivity contribution in [1.29, 1.82) is 0 Å². The van der Waals surface area contributed by atoms with Crippen LogP contribution in [-0.2, 0) is 11.3 Å². The number of ether oxygens (including phenoxy) is 1. The molecular weight excluding hydrogens is 228 g/mol. The van der Waals surface area contributed by atoms with Crippen LogP contribution >= 0.6 is 0 Å². The number of anilines is 1. The van der Waals surface area contributed by atoms with Crippen LogP contribution in [0, 0.1) is 0 Å². The molecule has 0 saturated carbocycles. The van der Waals surface area contributed by atoms with Crippen LogP contribution in [-0.4, -0.2) is 17.6 Å². The Morgan fingerprint density at radius 1 is 1.28 bits per heavy atom. The minimum absolute atomic E-state index is 0.325. The molecule has 2 aromatic rings. The third-order valence-electron chi connectivity index (χ3n) is 2.90. The van der Waals surface area contributed by atoms with E-state index >= 15 is 0 Å². The summed E-state index contributed by atoms with van der Waals surface area (Å²) in [5, 5.41) is 0. The number of nitrogens with two attached hydrogens (primary N) is 1. The zero-order chi connectivity index (χ0) is 13.1. The van der Waals surface area contributed by atoms with Crippen molar-refractivity contribution in [3.63, 3.8) is 0 Å². The standard InChI is InChI=1S/C14H16N2O2/c1-3-16-9-8-12(13(16)14(17)18-2)10-4-6-11(15)7-5-10/h4-9H,3,15H2,1-2H3. The predicted octanol–water partition coefficient (Wildman–Crippen LogP) is 2.54. The van der Waals surface area contributed by atoms with Gasteiger partial charge < -0.3 is 15.0 Å². The second kappa shape index (κ2) is 4.96. The highest BCUT2D eigenvalue weighted by molar-refractivity contribution is 5.96. The summed E-state index contributed by atoms with van der Waals surface area (Å²) in [7, 11) is 1.39. The van der Waals surface area contributed by atoms with Crippen LogP contribution in [0.5, 0.6) is 0 Å². The third-order valence-corrected chi connectivity index (χ3v) is 2.90. The number of carbonyl (C=O) groups is 1. The maximum absolute atomic E-state index is 11.8. The van der Waals surface area contributed by atoms with Crippen LogP contribution in [0.25, 0.3) is 11.1 Å². The Labute approximate surface area is 106 Å². The Balaban J connectivity index is 2.54. The lowest BCUT2D eigenvalue weighted by molar-refractivity contribution is 0.0589. The van der Waals surface area contributed by atoms with E-state index in [0.29, 0.717) is 11.4 Å². The molecule has 0 amide bonds. The minimum Gasteiger partial charge on any atom is -0.464 e. The van der Waals surface area contributed by atoms with Gasteiger partial charge in [-0.05, 0) is 30.7 Å². The van der Waals surface area contributed by atoms with Crippen LogP contribution in [0.1, 0.15) is 17.4 Å². The fraction of sp³-hybridized carbons (Fsp3) is 0.214. The van der Waals surface area contributed by atoms with Crippen LogP contribution in [0.15, 0.2) is 36.5 Å². The summed E-state index contributed by atoms with van der Waals surface area (Å²) in [6.45, 7) is 2.71. The number of hydrogen-bond donors (Lipinski definition) is 1. The number of nitrogens with zero attached hydrogens (tertiary/aromatic N) is 1. The molecule has 0 aliphatic heterocycles. The topological polar surface area (TPSA) is 57.2 Å². The number of hydrogen-bond acceptors (Lipinski definition) is 3. The third kappa shape index (κ3) is 2.09. The van der Waals surface area contributed by atoms with Crippen molar-refractivity contribution in [1.82, 2.24) is 4.57 Å². The number of aryl methyl sites for hydroxylation is 1. The van der Waals surface area contributed by atoms with Gasteiger partial charge in [0.15, 0.2) is 0 Å². The second-order valence-corrected chi connectivity index (χ2v) is 3.98. The van der Waals surface area contributed by atoms with Crippen LogP contribution in [0.2, 0.25) is 0 Å². The maximum atomic E-state index is 11.8. The van der Waals surface area contributed by atoms with Gasteiger partial charge in [-0.15, -0.1) is 0 Å². The van der Waals surface area contributed by atoms with Gasteiger partial charge in [-0.2, -0.15) is 0 Å². The lowest BCUT2D eigenvalue weighted by atomic mass is 10.1. The van der Waals surface area contributed by atoms with E-state index in [-0.39, 0.29) is 5.97 Å². The van der Waals surface area contributed by atoms with Gasteiger partial charge in [-0.3, -0.25) is 0 Å². The first kappa shape index (κ1) is 12.2. The lowest BCUT2D eigenvalue weighted by Crippen LogP contribution is -2.10. The van der Waals surface area contributed by atoms with Crippen molar-refractivity contribution in [2.75, 3.05) is 12.8 Å². The second-order valence-electron chi connectivity index (χ2n) is 3.98. The first-order chi connectivity index (χ1) is 8.67. The summed E-state index contributed by atoms with van der Waals surface area (Å²) < 4.78 is 6.71. The number of methoxy groups -OCH3 is 1. The smallest absolute Gasteiger partial charge is 0.355 e. The molecule has 4 nitrogen and oxygen atoms in total. The SMILES string of the molecule is CCn1ccc(-c2ccc(N)cc2)c1C(=O)OC. The molecule has 2 N–H and O–H groups in total. The van der Waals surface area contributed by atoms with Crippen molar-refractivity contribution in [2.45, 2.75) is 13.5 Å². The Bertz CT molecular complexity index is 556. The fourth-order valence-corrected chi connectivity index (χ4v) is 1.96. The highest BCUT2D eigenvalue weighted by Gasteiger charge is 2.17. The molecule has 0 fully saturated rings. The highest BCUT2D eigenvalue weighted by Crippen LogP contribution is 2.26. The number of benzene rings is 1. The van der Waals surface area contributed by atoms with E-state index in [0.717, 1.165) is 17.7 Å². The van der Waals surface area contributed by atoms with Gasteiger partial charge >= 0.3 is 5.97 Å². The maximum Gasteiger partial charge on any atom is 0.355 e. The molecule has 0 radical (unpaired) electrons. The zero-order valence-electron chi connectivity index (χ0n) is 10.5. The molecule has 0 atom stereocenters. The number of nitrogen functional groups attached to an aromatic ring is 1. The average Bonchev–Trinajstić information content (AvgIpc) is 2.82. The van der Waals surface area contributed by atoms with Gasteiger partial charge in [0.2, 0.25) is 0 Å². The molecule has 0 unspecified atom stereocenters. The van der Waals surface area contributed by atoms with E-state index < -0.39 is 0 Å². The molecular formula is C14H16N2O2. The summed E-state index contributed by atoms with van der Waals surface area (Å²) in [5.74, 6) is -0.325. The van der Waals surface area contributed by atoms with Crippen LogP contribution < -0.4 is 5.73 Å². The fourth-order valence-electron chi connectivity index (χ4n) is 1.96. The Morgan fingerprint density at radius 3 is 2.50 bits per heavy atom. The molecule has 94 valence electrons. The molecule has 1 heterocycles. The van der Waals surface area contributed by atoms with E-state index in [2.05, 4.69) is 0 Å². The van der Waals surface area contributed by atoms with Crippen LogP contribution in [0.4, 0.5) is 5.69 Å². The lowest BCUT2D eigenvalue weighted by Gasteiger charge is -2.08. The Morgan fingerprint density at radius 2 is 1.94 bits per heavy atom.